The molecule has 30 heavy (non-hydrogen) atoms. The van der Waals surface area contributed by atoms with E-state index in [0.717, 1.165) is 47.6 Å². The van der Waals surface area contributed by atoms with Gasteiger partial charge in [-0.05, 0) is 42.3 Å². The summed E-state index contributed by atoms with van der Waals surface area (Å²) in [5, 5.41) is 0.575. The van der Waals surface area contributed by atoms with Gasteiger partial charge in [-0.1, -0.05) is 11.6 Å². The van der Waals surface area contributed by atoms with Crippen molar-refractivity contribution in [3.05, 3.63) is 80.7 Å². The summed E-state index contributed by atoms with van der Waals surface area (Å²) in [5.41, 5.74) is 4.56. The number of aromatic nitrogens is 2. The number of hydrogen-bond acceptors (Lipinski definition) is 5. The Morgan fingerprint density at radius 1 is 1.20 bits per heavy atom. The molecular formula is C22H20ClFN4O2. The molecule has 6 nitrogen and oxygen atoms in total. The highest BCUT2D eigenvalue weighted by atomic mass is 35.5. The molecule has 3 heterocycles. The number of benzene rings is 2. The molecule has 0 saturated heterocycles. The number of fused-ring (bicyclic) bond motifs is 2. The first-order valence-corrected chi connectivity index (χ1v) is 10.2. The molecule has 0 unspecified atom stereocenters. The highest BCUT2D eigenvalue weighted by Gasteiger charge is 2.25. The molecule has 1 N–H and O–H groups in total. The van der Waals surface area contributed by atoms with E-state index in [0.29, 0.717) is 30.5 Å². The van der Waals surface area contributed by atoms with Gasteiger partial charge in [-0.25, -0.2) is 14.2 Å². The molecular weight excluding hydrogens is 407 g/mol. The van der Waals surface area contributed by atoms with Crippen LogP contribution in [0, 0.1) is 5.82 Å². The molecule has 0 atom stereocenters. The number of anilines is 2. The van der Waals surface area contributed by atoms with Crippen LogP contribution in [0.3, 0.4) is 0 Å². The molecule has 0 bridgehead atoms. The molecule has 0 saturated carbocycles. The molecule has 2 aromatic carbocycles. The zero-order chi connectivity index (χ0) is 20.7. The lowest BCUT2D eigenvalue weighted by Crippen LogP contribution is -2.26. The van der Waals surface area contributed by atoms with Crippen LogP contribution >= 0.6 is 11.6 Å². The number of nitrogens with one attached hydrogen (secondary N) is 1. The summed E-state index contributed by atoms with van der Waals surface area (Å²) in [6.07, 6.45) is 4.07. The molecule has 0 fully saturated rings. The maximum absolute atomic E-state index is 13.6. The number of ether oxygens (including phenoxy) is 1. The van der Waals surface area contributed by atoms with Crippen LogP contribution in [-0.2, 0) is 19.5 Å². The average Bonchev–Trinajstić information content (AvgIpc) is 3.02. The topological polar surface area (TPSA) is 61.5 Å². The van der Waals surface area contributed by atoms with Gasteiger partial charge in [0.25, 0.3) is 0 Å². The summed E-state index contributed by atoms with van der Waals surface area (Å²) in [5.74, 6) is 0.498. The van der Waals surface area contributed by atoms with Gasteiger partial charge >= 0.3 is 5.69 Å². The standard InChI is InChI=1S/C22H20ClFN4O2/c23-19-9-18(28-4-3-15-7-17(24)1-2-20(15)28)8-16-13-27(5-6-30-21(16)19)12-14-10-25-22(29)26-11-14/h1-2,7-11H,3-6,12-13H2,(H,25,26,29). The van der Waals surface area contributed by atoms with E-state index in [4.69, 9.17) is 16.3 Å². The lowest BCUT2D eigenvalue weighted by molar-refractivity contribution is 0.219. The van der Waals surface area contributed by atoms with Crippen molar-refractivity contribution >= 4 is 23.0 Å². The maximum Gasteiger partial charge on any atom is 0.344 e. The predicted octanol–water partition coefficient (Wildman–Crippen LogP) is 3.65. The molecule has 2 aliphatic rings. The van der Waals surface area contributed by atoms with E-state index in [2.05, 4.69) is 25.8 Å². The zero-order valence-corrected chi connectivity index (χ0v) is 17.0. The molecule has 0 amide bonds. The van der Waals surface area contributed by atoms with Crippen LogP contribution in [-0.4, -0.2) is 34.6 Å². The molecule has 0 radical (unpaired) electrons. The smallest absolute Gasteiger partial charge is 0.344 e. The fraction of sp³-hybridized carbons (Fsp3) is 0.273. The highest BCUT2D eigenvalue weighted by Crippen LogP contribution is 2.41. The predicted molar refractivity (Wildman–Crippen MR) is 113 cm³/mol. The van der Waals surface area contributed by atoms with Crippen LogP contribution in [0.15, 0.2) is 47.5 Å². The van der Waals surface area contributed by atoms with E-state index in [1.807, 2.05) is 12.1 Å². The SMILES string of the molecule is O=c1ncc(CN2CCOc3c(Cl)cc(N4CCc5cc(F)ccc54)cc3C2)c[nH]1. The Bertz CT molecular complexity index is 1150. The van der Waals surface area contributed by atoms with Gasteiger partial charge in [0.1, 0.15) is 18.2 Å². The Kier molecular flexibility index (Phi) is 4.92. The summed E-state index contributed by atoms with van der Waals surface area (Å²) in [6, 6.07) is 8.93. The minimum Gasteiger partial charge on any atom is -0.490 e. The number of aromatic amines is 1. The van der Waals surface area contributed by atoms with E-state index in [9.17, 15) is 9.18 Å². The summed E-state index contributed by atoms with van der Waals surface area (Å²) in [4.78, 5) is 22.0. The molecule has 5 rings (SSSR count). The van der Waals surface area contributed by atoms with Gasteiger partial charge in [-0.2, -0.15) is 0 Å². The third-order valence-electron chi connectivity index (χ3n) is 5.54. The molecule has 8 heteroatoms. The minimum absolute atomic E-state index is 0.212. The van der Waals surface area contributed by atoms with Crippen molar-refractivity contribution in [2.75, 3.05) is 24.6 Å². The number of rotatable bonds is 3. The Morgan fingerprint density at radius 3 is 2.93 bits per heavy atom. The van der Waals surface area contributed by atoms with E-state index in [-0.39, 0.29) is 11.5 Å². The lowest BCUT2D eigenvalue weighted by Gasteiger charge is -2.23. The fourth-order valence-electron chi connectivity index (χ4n) is 4.15. The number of nitrogens with zero attached hydrogens (tertiary/aromatic N) is 3. The van der Waals surface area contributed by atoms with Gasteiger partial charge in [0.15, 0.2) is 0 Å². The van der Waals surface area contributed by atoms with Crippen LogP contribution < -0.4 is 15.3 Å². The van der Waals surface area contributed by atoms with Crippen LogP contribution in [0.25, 0.3) is 0 Å². The summed E-state index contributed by atoms with van der Waals surface area (Å²) >= 11 is 6.60. The maximum atomic E-state index is 13.6. The van der Waals surface area contributed by atoms with Gasteiger partial charge in [0.2, 0.25) is 0 Å². The lowest BCUT2D eigenvalue weighted by atomic mass is 10.1. The quantitative estimate of drug-likeness (QED) is 0.692. The third-order valence-corrected chi connectivity index (χ3v) is 5.82. The molecule has 154 valence electrons. The van der Waals surface area contributed by atoms with Gasteiger partial charge in [-0.15, -0.1) is 0 Å². The molecule has 0 aliphatic carbocycles. The minimum atomic E-state index is -0.356. The fourth-order valence-corrected chi connectivity index (χ4v) is 4.44. The van der Waals surface area contributed by atoms with E-state index < -0.39 is 0 Å². The van der Waals surface area contributed by atoms with Crippen molar-refractivity contribution < 1.29 is 9.13 Å². The van der Waals surface area contributed by atoms with Crippen molar-refractivity contribution in [3.8, 4) is 5.75 Å². The van der Waals surface area contributed by atoms with Crippen molar-refractivity contribution in [2.45, 2.75) is 19.5 Å². The molecule has 0 spiro atoms. The van der Waals surface area contributed by atoms with Gasteiger partial charge in [0.05, 0.1) is 5.02 Å². The first kappa shape index (κ1) is 19.1. The molecule has 3 aromatic rings. The second kappa shape index (κ2) is 7.74. The summed E-state index contributed by atoms with van der Waals surface area (Å²) in [7, 11) is 0. The normalized spacial score (nSPS) is 16.0. The molecule has 1 aromatic heterocycles. The highest BCUT2D eigenvalue weighted by molar-refractivity contribution is 6.32. The Labute approximate surface area is 177 Å². The van der Waals surface area contributed by atoms with E-state index >= 15 is 0 Å². The van der Waals surface area contributed by atoms with Crippen molar-refractivity contribution in [1.29, 1.82) is 0 Å². The average molecular weight is 427 g/mol. The van der Waals surface area contributed by atoms with E-state index in [1.165, 1.54) is 6.07 Å². The monoisotopic (exact) mass is 426 g/mol. The Hall–Kier alpha value is -2.90. The number of halogens is 2. The van der Waals surface area contributed by atoms with Gasteiger partial charge in [-0.3, -0.25) is 4.90 Å². The van der Waals surface area contributed by atoms with Crippen LogP contribution in [0.1, 0.15) is 16.7 Å². The largest absolute Gasteiger partial charge is 0.490 e. The second-order valence-electron chi connectivity index (χ2n) is 7.58. The Balaban J connectivity index is 1.44. The Morgan fingerprint density at radius 2 is 2.10 bits per heavy atom. The summed E-state index contributed by atoms with van der Waals surface area (Å²) in [6.45, 7) is 3.33. The van der Waals surface area contributed by atoms with Crippen LogP contribution in [0.4, 0.5) is 15.8 Å². The number of H-pyrrole nitrogens is 1. The number of hydrogen-bond donors (Lipinski definition) is 1. The second-order valence-corrected chi connectivity index (χ2v) is 7.98. The third kappa shape index (κ3) is 3.66. The van der Waals surface area contributed by atoms with Crippen LogP contribution in [0.5, 0.6) is 5.75 Å². The van der Waals surface area contributed by atoms with E-state index in [1.54, 1.807) is 18.5 Å². The zero-order valence-electron chi connectivity index (χ0n) is 16.2. The molecule has 2 aliphatic heterocycles. The first-order chi connectivity index (χ1) is 14.6. The first-order valence-electron chi connectivity index (χ1n) is 9.84. The van der Waals surface area contributed by atoms with Crippen molar-refractivity contribution in [1.82, 2.24) is 14.9 Å². The summed E-state index contributed by atoms with van der Waals surface area (Å²) < 4.78 is 19.5. The van der Waals surface area contributed by atoms with Gasteiger partial charge < -0.3 is 14.6 Å². The van der Waals surface area contributed by atoms with Crippen LogP contribution in [0.2, 0.25) is 5.02 Å². The van der Waals surface area contributed by atoms with Crippen molar-refractivity contribution in [2.24, 2.45) is 0 Å². The van der Waals surface area contributed by atoms with Gasteiger partial charge in [0, 0.05) is 61.1 Å². The van der Waals surface area contributed by atoms with Crippen molar-refractivity contribution in [3.63, 3.8) is 0 Å².